The van der Waals surface area contributed by atoms with Gasteiger partial charge in [0.05, 0.1) is 17.3 Å². The van der Waals surface area contributed by atoms with Gasteiger partial charge in [0, 0.05) is 23.0 Å². The Morgan fingerprint density at radius 3 is 2.83 bits per heavy atom. The molecule has 2 atom stereocenters. The zero-order valence-electron chi connectivity index (χ0n) is 13.3. The number of hydrogen-bond acceptors (Lipinski definition) is 3. The molecule has 0 radical (unpaired) electrons. The van der Waals surface area contributed by atoms with E-state index in [1.807, 2.05) is 31.2 Å². The van der Waals surface area contributed by atoms with Crippen molar-refractivity contribution in [3.63, 3.8) is 0 Å². The van der Waals surface area contributed by atoms with Crippen molar-refractivity contribution in [2.75, 3.05) is 6.54 Å². The Morgan fingerprint density at radius 2 is 2.09 bits per heavy atom. The lowest BCUT2D eigenvalue weighted by atomic mass is 10.0. The fraction of sp³-hybridized carbons (Fsp3) is 0.333. The fourth-order valence-electron chi connectivity index (χ4n) is 2.36. The quantitative estimate of drug-likeness (QED) is 0.797. The van der Waals surface area contributed by atoms with Gasteiger partial charge in [-0.2, -0.15) is 0 Å². The van der Waals surface area contributed by atoms with Crippen molar-refractivity contribution in [1.29, 1.82) is 0 Å². The Morgan fingerprint density at radius 1 is 1.35 bits per heavy atom. The molecule has 1 aromatic carbocycles. The third-order valence-corrected chi connectivity index (χ3v) is 3.68. The highest BCUT2D eigenvalue weighted by atomic mass is 35.5. The Bertz CT molecular complexity index is 713. The fourth-order valence-corrected chi connectivity index (χ4v) is 2.53. The highest BCUT2D eigenvalue weighted by molar-refractivity contribution is 6.31. The molecular weight excluding hydrogens is 312 g/mol. The Labute approximate surface area is 141 Å². The molecule has 4 nitrogen and oxygen atoms in total. The first kappa shape index (κ1) is 17.4. The molecule has 5 heteroatoms. The maximum atomic E-state index is 11.8. The molecule has 122 valence electrons. The van der Waals surface area contributed by atoms with Crippen LogP contribution in [0.3, 0.4) is 0 Å². The average Bonchev–Trinajstić information content (AvgIpc) is 2.49. The number of aromatic nitrogens is 1. The maximum absolute atomic E-state index is 11.8. The Balaban J connectivity index is 1.95. The lowest BCUT2D eigenvalue weighted by molar-refractivity contribution is -0.116. The van der Waals surface area contributed by atoms with Crippen molar-refractivity contribution >= 4 is 34.5 Å². The number of nitrogens with one attached hydrogen (secondary N) is 1. The second kappa shape index (κ2) is 8.09. The van der Waals surface area contributed by atoms with Gasteiger partial charge in [-0.05, 0) is 43.5 Å². The number of aliphatic hydroxyl groups is 1. The highest BCUT2D eigenvalue weighted by Crippen LogP contribution is 2.18. The molecule has 0 aliphatic rings. The molecule has 2 N–H and O–H groups in total. The van der Waals surface area contributed by atoms with Crippen molar-refractivity contribution in [1.82, 2.24) is 10.3 Å². The molecule has 0 saturated heterocycles. The zero-order chi connectivity index (χ0) is 16.8. The lowest BCUT2D eigenvalue weighted by Crippen LogP contribution is -2.28. The van der Waals surface area contributed by atoms with Crippen LogP contribution in [0.4, 0.5) is 0 Å². The molecular formula is C18H21ClN2O2. The molecule has 2 aromatic rings. The van der Waals surface area contributed by atoms with Crippen LogP contribution in [0.15, 0.2) is 36.4 Å². The van der Waals surface area contributed by atoms with Crippen molar-refractivity contribution in [2.45, 2.75) is 26.4 Å². The van der Waals surface area contributed by atoms with E-state index in [2.05, 4.69) is 10.3 Å². The second-order valence-corrected chi connectivity index (χ2v) is 6.28. The van der Waals surface area contributed by atoms with E-state index >= 15 is 0 Å². The van der Waals surface area contributed by atoms with Crippen molar-refractivity contribution in [3.8, 4) is 0 Å². The number of nitrogens with zero attached hydrogens (tertiary/aromatic N) is 1. The topological polar surface area (TPSA) is 62.2 Å². The minimum Gasteiger partial charge on any atom is -0.393 e. The van der Waals surface area contributed by atoms with Gasteiger partial charge in [-0.15, -0.1) is 0 Å². The summed E-state index contributed by atoms with van der Waals surface area (Å²) >= 11 is 5.97. The molecule has 0 spiro atoms. The SMILES string of the molecule is CC(O)CC(C)CNC(=O)C=Cc1ccc2ccc(Cl)cc2n1. The zero-order valence-corrected chi connectivity index (χ0v) is 14.0. The molecule has 0 bridgehead atoms. The van der Waals surface area contributed by atoms with E-state index in [1.54, 1.807) is 19.1 Å². The molecule has 0 saturated carbocycles. The van der Waals surface area contributed by atoms with E-state index in [4.69, 9.17) is 11.6 Å². The van der Waals surface area contributed by atoms with E-state index in [-0.39, 0.29) is 17.9 Å². The minimum atomic E-state index is -0.355. The number of rotatable bonds is 6. The molecule has 23 heavy (non-hydrogen) atoms. The third-order valence-electron chi connectivity index (χ3n) is 3.45. The summed E-state index contributed by atoms with van der Waals surface area (Å²) in [5.74, 6) is 0.0590. The number of fused-ring (bicyclic) bond motifs is 1. The number of benzene rings is 1. The molecule has 2 unspecified atom stereocenters. The van der Waals surface area contributed by atoms with E-state index in [9.17, 15) is 9.90 Å². The van der Waals surface area contributed by atoms with E-state index in [0.29, 0.717) is 23.7 Å². The normalized spacial score (nSPS) is 14.1. The van der Waals surface area contributed by atoms with E-state index < -0.39 is 0 Å². The van der Waals surface area contributed by atoms with Gasteiger partial charge in [0.15, 0.2) is 0 Å². The largest absolute Gasteiger partial charge is 0.393 e. The molecule has 1 aromatic heterocycles. The smallest absolute Gasteiger partial charge is 0.244 e. The van der Waals surface area contributed by atoms with Gasteiger partial charge in [0.2, 0.25) is 5.91 Å². The van der Waals surface area contributed by atoms with Crippen LogP contribution in [0.25, 0.3) is 17.0 Å². The molecule has 0 aliphatic heterocycles. The number of pyridine rings is 1. The highest BCUT2D eigenvalue weighted by Gasteiger charge is 2.07. The van der Waals surface area contributed by atoms with Crippen molar-refractivity contribution < 1.29 is 9.90 Å². The summed E-state index contributed by atoms with van der Waals surface area (Å²) in [5.41, 5.74) is 1.50. The number of carbonyl (C=O) groups excluding carboxylic acids is 1. The number of halogens is 1. The Hall–Kier alpha value is -1.91. The Kier molecular flexibility index (Phi) is 6.13. The number of hydrogen-bond donors (Lipinski definition) is 2. The number of carbonyl (C=O) groups is 1. The molecule has 2 rings (SSSR count). The molecule has 0 aliphatic carbocycles. The lowest BCUT2D eigenvalue weighted by Gasteiger charge is -2.13. The summed E-state index contributed by atoms with van der Waals surface area (Å²) in [6.45, 7) is 4.27. The van der Waals surface area contributed by atoms with Crippen LogP contribution in [0, 0.1) is 5.92 Å². The maximum Gasteiger partial charge on any atom is 0.244 e. The summed E-state index contributed by atoms with van der Waals surface area (Å²) in [6, 6.07) is 9.33. The van der Waals surface area contributed by atoms with Crippen LogP contribution in [0.1, 0.15) is 26.0 Å². The summed E-state index contributed by atoms with van der Waals surface area (Å²) in [7, 11) is 0. The van der Waals surface area contributed by atoms with Gasteiger partial charge in [0.1, 0.15) is 0 Å². The third kappa shape index (κ3) is 5.66. The van der Waals surface area contributed by atoms with Gasteiger partial charge in [0.25, 0.3) is 0 Å². The van der Waals surface area contributed by atoms with Crippen LogP contribution in [-0.2, 0) is 4.79 Å². The van der Waals surface area contributed by atoms with Crippen LogP contribution >= 0.6 is 11.6 Å². The van der Waals surface area contributed by atoms with Gasteiger partial charge in [-0.25, -0.2) is 4.98 Å². The molecule has 0 fully saturated rings. The van der Waals surface area contributed by atoms with Crippen LogP contribution in [0.5, 0.6) is 0 Å². The molecule has 1 amide bonds. The van der Waals surface area contributed by atoms with Gasteiger partial charge >= 0.3 is 0 Å². The van der Waals surface area contributed by atoms with Crippen molar-refractivity contribution in [2.24, 2.45) is 5.92 Å². The van der Waals surface area contributed by atoms with Crippen LogP contribution in [0.2, 0.25) is 5.02 Å². The summed E-state index contributed by atoms with van der Waals surface area (Å²) < 4.78 is 0. The van der Waals surface area contributed by atoms with Crippen LogP contribution in [-0.4, -0.2) is 28.6 Å². The first-order valence-electron chi connectivity index (χ1n) is 7.64. The van der Waals surface area contributed by atoms with Gasteiger partial charge in [-0.3, -0.25) is 4.79 Å². The standard InChI is InChI=1S/C18H21ClN2O2/c1-12(9-13(2)22)11-20-18(23)8-7-16-6-4-14-3-5-15(19)10-17(14)21-16/h3-8,10,12-13,22H,9,11H2,1-2H3,(H,20,23). The predicted octanol–water partition coefficient (Wildman–Crippen LogP) is 3.42. The van der Waals surface area contributed by atoms with Gasteiger partial charge < -0.3 is 10.4 Å². The predicted molar refractivity (Wildman–Crippen MR) is 94.3 cm³/mol. The summed E-state index contributed by atoms with van der Waals surface area (Å²) in [4.78, 5) is 16.3. The number of amides is 1. The number of aliphatic hydroxyl groups excluding tert-OH is 1. The van der Waals surface area contributed by atoms with E-state index in [1.165, 1.54) is 6.08 Å². The van der Waals surface area contributed by atoms with Crippen molar-refractivity contribution in [3.05, 3.63) is 47.1 Å². The summed E-state index contributed by atoms with van der Waals surface area (Å²) in [6.07, 6.45) is 3.45. The first-order valence-corrected chi connectivity index (χ1v) is 8.02. The monoisotopic (exact) mass is 332 g/mol. The summed E-state index contributed by atoms with van der Waals surface area (Å²) in [5, 5.41) is 13.8. The van der Waals surface area contributed by atoms with E-state index in [0.717, 1.165) is 10.9 Å². The molecule has 1 heterocycles. The first-order chi connectivity index (χ1) is 10.9. The van der Waals surface area contributed by atoms with Gasteiger partial charge in [-0.1, -0.05) is 30.7 Å². The average molecular weight is 333 g/mol. The minimum absolute atomic E-state index is 0.171. The van der Waals surface area contributed by atoms with Crippen LogP contribution < -0.4 is 5.32 Å². The second-order valence-electron chi connectivity index (χ2n) is 5.84.